The number of hydrogen-bond acceptors (Lipinski definition) is 9. The molecule has 0 unspecified atom stereocenters. The maximum atomic E-state index is 13.6. The lowest BCUT2D eigenvalue weighted by atomic mass is 10.2. The molecule has 5 rings (SSSR count). The molecule has 2 aromatic carbocycles. The molecular formula is C24H27N3O6S. The van der Waals surface area contributed by atoms with Gasteiger partial charge in [0, 0.05) is 31.3 Å². The zero-order valence-electron chi connectivity index (χ0n) is 18.7. The molecule has 3 heterocycles. The van der Waals surface area contributed by atoms with Crippen LogP contribution in [0.2, 0.25) is 0 Å². The SMILES string of the molecule is O=S(=O)(c1ccc2c(c1)OCCO2)c1nc(-c2ccccc2)oc1NCCCN1CCOCC1. The Morgan fingerprint density at radius 1 is 0.941 bits per heavy atom. The van der Waals surface area contributed by atoms with Gasteiger partial charge in [0.2, 0.25) is 26.6 Å². The third-order valence-corrected chi connectivity index (χ3v) is 7.40. The molecule has 0 spiro atoms. The van der Waals surface area contributed by atoms with E-state index in [4.69, 9.17) is 18.6 Å². The fourth-order valence-electron chi connectivity index (χ4n) is 3.94. The molecule has 0 saturated carbocycles. The van der Waals surface area contributed by atoms with Crippen molar-refractivity contribution in [2.24, 2.45) is 0 Å². The van der Waals surface area contributed by atoms with Crippen LogP contribution in [0.1, 0.15) is 6.42 Å². The van der Waals surface area contributed by atoms with Crippen molar-refractivity contribution in [3.05, 3.63) is 48.5 Å². The molecule has 2 aliphatic rings. The number of hydrogen-bond donors (Lipinski definition) is 1. The van der Waals surface area contributed by atoms with Crippen molar-refractivity contribution in [3.63, 3.8) is 0 Å². The highest BCUT2D eigenvalue weighted by molar-refractivity contribution is 7.91. The molecule has 2 aliphatic heterocycles. The topological polar surface area (TPSA) is 103 Å². The molecule has 1 saturated heterocycles. The largest absolute Gasteiger partial charge is 0.486 e. The molecule has 1 fully saturated rings. The predicted molar refractivity (Wildman–Crippen MR) is 125 cm³/mol. The zero-order chi connectivity index (χ0) is 23.4. The summed E-state index contributed by atoms with van der Waals surface area (Å²) in [6.45, 7) is 5.54. The van der Waals surface area contributed by atoms with Crippen LogP contribution in [0.3, 0.4) is 0 Å². The molecule has 0 atom stereocenters. The molecule has 0 bridgehead atoms. The minimum atomic E-state index is -3.98. The Labute approximate surface area is 198 Å². The number of morpholine rings is 1. The standard InChI is InChI=1S/C24H27N3O6S/c28-34(29,19-7-8-20-21(17-19)32-16-15-31-20)24-23(25-9-4-10-27-11-13-30-14-12-27)33-22(26-24)18-5-2-1-3-6-18/h1-3,5-8,17,25H,4,9-16H2. The summed E-state index contributed by atoms with van der Waals surface area (Å²) in [4.78, 5) is 6.79. The smallest absolute Gasteiger partial charge is 0.233 e. The highest BCUT2D eigenvalue weighted by Gasteiger charge is 2.30. The van der Waals surface area contributed by atoms with Crippen LogP contribution in [0.25, 0.3) is 11.5 Å². The third kappa shape index (κ3) is 4.89. The van der Waals surface area contributed by atoms with Gasteiger partial charge in [-0.15, -0.1) is 0 Å². The van der Waals surface area contributed by atoms with Gasteiger partial charge in [0.25, 0.3) is 0 Å². The second-order valence-corrected chi connectivity index (χ2v) is 9.93. The van der Waals surface area contributed by atoms with E-state index in [0.29, 0.717) is 36.8 Å². The minimum Gasteiger partial charge on any atom is -0.486 e. The van der Waals surface area contributed by atoms with Gasteiger partial charge in [-0.1, -0.05) is 18.2 Å². The molecule has 1 aromatic heterocycles. The molecule has 3 aromatic rings. The summed E-state index contributed by atoms with van der Waals surface area (Å²) >= 11 is 0. The summed E-state index contributed by atoms with van der Waals surface area (Å²) < 4.78 is 49.6. The second kappa shape index (κ2) is 10.0. The van der Waals surface area contributed by atoms with Crippen molar-refractivity contribution in [1.82, 2.24) is 9.88 Å². The minimum absolute atomic E-state index is 0.0704. The lowest BCUT2D eigenvalue weighted by molar-refractivity contribution is 0.0378. The van der Waals surface area contributed by atoms with Gasteiger partial charge >= 0.3 is 0 Å². The summed E-state index contributed by atoms with van der Waals surface area (Å²) in [7, 11) is -3.98. The van der Waals surface area contributed by atoms with Crippen molar-refractivity contribution in [1.29, 1.82) is 0 Å². The van der Waals surface area contributed by atoms with Crippen molar-refractivity contribution < 1.29 is 27.0 Å². The van der Waals surface area contributed by atoms with Crippen LogP contribution in [0.4, 0.5) is 5.88 Å². The molecule has 1 N–H and O–H groups in total. The molecule has 0 amide bonds. The summed E-state index contributed by atoms with van der Waals surface area (Å²) in [5.74, 6) is 1.30. The fourth-order valence-corrected chi connectivity index (χ4v) is 5.23. The first-order valence-electron chi connectivity index (χ1n) is 11.4. The highest BCUT2D eigenvalue weighted by Crippen LogP contribution is 2.37. The van der Waals surface area contributed by atoms with E-state index in [0.717, 1.165) is 39.3 Å². The van der Waals surface area contributed by atoms with E-state index in [1.165, 1.54) is 12.1 Å². The summed E-state index contributed by atoms with van der Waals surface area (Å²) in [6.07, 6.45) is 0.824. The molecule has 34 heavy (non-hydrogen) atoms. The Bertz CT molecular complexity index is 1220. The van der Waals surface area contributed by atoms with Gasteiger partial charge in [0.15, 0.2) is 11.5 Å². The highest BCUT2D eigenvalue weighted by atomic mass is 32.2. The Morgan fingerprint density at radius 2 is 1.71 bits per heavy atom. The van der Waals surface area contributed by atoms with Gasteiger partial charge in [-0.3, -0.25) is 4.90 Å². The Hall–Kier alpha value is -3.08. The van der Waals surface area contributed by atoms with E-state index >= 15 is 0 Å². The van der Waals surface area contributed by atoms with E-state index in [-0.39, 0.29) is 21.7 Å². The van der Waals surface area contributed by atoms with Gasteiger partial charge in [0.1, 0.15) is 13.2 Å². The first-order chi connectivity index (χ1) is 16.6. The monoisotopic (exact) mass is 485 g/mol. The van der Waals surface area contributed by atoms with Crippen LogP contribution < -0.4 is 14.8 Å². The third-order valence-electron chi connectivity index (χ3n) is 5.74. The average Bonchev–Trinajstić information content (AvgIpc) is 3.33. The first-order valence-corrected chi connectivity index (χ1v) is 12.8. The van der Waals surface area contributed by atoms with Crippen LogP contribution in [0.5, 0.6) is 11.5 Å². The number of aromatic nitrogens is 1. The van der Waals surface area contributed by atoms with E-state index in [9.17, 15) is 8.42 Å². The maximum Gasteiger partial charge on any atom is 0.233 e. The number of nitrogens with one attached hydrogen (secondary N) is 1. The number of anilines is 1. The summed E-state index contributed by atoms with van der Waals surface area (Å²) in [5.41, 5.74) is 0.697. The summed E-state index contributed by atoms with van der Waals surface area (Å²) in [6, 6.07) is 13.8. The number of sulfone groups is 1. The molecule has 9 nitrogen and oxygen atoms in total. The van der Waals surface area contributed by atoms with Gasteiger partial charge in [0.05, 0.1) is 18.1 Å². The van der Waals surface area contributed by atoms with Crippen molar-refractivity contribution in [2.45, 2.75) is 16.3 Å². The molecule has 10 heteroatoms. The number of rotatable bonds is 8. The Balaban J connectivity index is 1.40. The van der Waals surface area contributed by atoms with Gasteiger partial charge in [-0.25, -0.2) is 8.42 Å². The number of oxazole rings is 1. The van der Waals surface area contributed by atoms with E-state index in [1.807, 2.05) is 30.3 Å². The van der Waals surface area contributed by atoms with Gasteiger partial charge < -0.3 is 23.9 Å². The molecule has 180 valence electrons. The van der Waals surface area contributed by atoms with E-state index < -0.39 is 9.84 Å². The maximum absolute atomic E-state index is 13.6. The predicted octanol–water partition coefficient (Wildman–Crippen LogP) is 3.08. The molecule has 0 aliphatic carbocycles. The average molecular weight is 486 g/mol. The number of benzene rings is 2. The molecule has 0 radical (unpaired) electrons. The van der Waals surface area contributed by atoms with Crippen LogP contribution in [-0.2, 0) is 14.6 Å². The van der Waals surface area contributed by atoms with Gasteiger partial charge in [-0.2, -0.15) is 4.98 Å². The quantitative estimate of drug-likeness (QED) is 0.482. The van der Waals surface area contributed by atoms with Crippen molar-refractivity contribution in [3.8, 4) is 23.0 Å². The van der Waals surface area contributed by atoms with Crippen molar-refractivity contribution in [2.75, 3.05) is 57.9 Å². The second-order valence-electron chi connectivity index (χ2n) is 8.06. The Morgan fingerprint density at radius 3 is 2.50 bits per heavy atom. The zero-order valence-corrected chi connectivity index (χ0v) is 19.6. The summed E-state index contributed by atoms with van der Waals surface area (Å²) in [5, 5.41) is 3.01. The lowest BCUT2D eigenvalue weighted by Gasteiger charge is -2.26. The van der Waals surface area contributed by atoms with Gasteiger partial charge in [-0.05, 0) is 37.2 Å². The number of nitrogens with zero attached hydrogens (tertiary/aromatic N) is 2. The molecular weight excluding hydrogens is 458 g/mol. The van der Waals surface area contributed by atoms with Crippen LogP contribution in [-0.4, -0.2) is 70.9 Å². The first kappa shape index (κ1) is 22.7. The van der Waals surface area contributed by atoms with E-state index in [1.54, 1.807) is 6.07 Å². The number of ether oxygens (including phenoxy) is 3. The van der Waals surface area contributed by atoms with Crippen molar-refractivity contribution >= 4 is 15.7 Å². The van der Waals surface area contributed by atoms with Crippen LogP contribution >= 0.6 is 0 Å². The lowest BCUT2D eigenvalue weighted by Crippen LogP contribution is -2.37. The Kier molecular flexibility index (Phi) is 6.70. The number of fused-ring (bicyclic) bond motifs is 1. The fraction of sp³-hybridized carbons (Fsp3) is 0.375. The van der Waals surface area contributed by atoms with E-state index in [2.05, 4.69) is 15.2 Å². The normalized spacial score (nSPS) is 16.4. The van der Waals surface area contributed by atoms with Crippen LogP contribution in [0.15, 0.2) is 62.9 Å². The van der Waals surface area contributed by atoms with Crippen LogP contribution in [0, 0.1) is 0 Å².